The van der Waals surface area contributed by atoms with E-state index in [-0.39, 0.29) is 0 Å². The Kier molecular flexibility index (Phi) is 2.70. The largest absolute Gasteiger partial charge is 0.313 e. The lowest BCUT2D eigenvalue weighted by molar-refractivity contribution is 0.430. The van der Waals surface area contributed by atoms with Crippen molar-refractivity contribution >= 4 is 12.6 Å². The van der Waals surface area contributed by atoms with Crippen molar-refractivity contribution in [3.8, 4) is 0 Å². The zero-order chi connectivity index (χ0) is 5.82. The molecule has 1 heterocycles. The zero-order valence-electron chi connectivity index (χ0n) is 5.06. The van der Waals surface area contributed by atoms with Gasteiger partial charge >= 0.3 is 0 Å². The second-order valence-electron chi connectivity index (χ2n) is 2.33. The van der Waals surface area contributed by atoms with Gasteiger partial charge in [-0.25, -0.2) is 0 Å². The van der Waals surface area contributed by atoms with Crippen molar-refractivity contribution in [2.24, 2.45) is 0 Å². The number of hydrogen-bond donors (Lipinski definition) is 2. The third-order valence-electron chi connectivity index (χ3n) is 1.63. The molecule has 1 atom stereocenters. The van der Waals surface area contributed by atoms with Crippen LogP contribution in [-0.2, 0) is 0 Å². The highest BCUT2D eigenvalue weighted by molar-refractivity contribution is 7.80. The van der Waals surface area contributed by atoms with Crippen LogP contribution in [0.2, 0.25) is 0 Å². The maximum atomic E-state index is 4.20. The Labute approximate surface area is 56.3 Å². The summed E-state index contributed by atoms with van der Waals surface area (Å²) in [5.41, 5.74) is 0. The molecule has 1 aliphatic heterocycles. The number of nitrogens with one attached hydrogen (secondary N) is 1. The van der Waals surface area contributed by atoms with Crippen LogP contribution in [0.3, 0.4) is 0 Å². The molecular weight excluding hydrogens is 118 g/mol. The summed E-state index contributed by atoms with van der Waals surface area (Å²) in [6.45, 7) is 1.20. The fourth-order valence-corrected chi connectivity index (χ4v) is 1.39. The lowest BCUT2D eigenvalue weighted by Gasteiger charge is -2.20. The van der Waals surface area contributed by atoms with E-state index in [0.29, 0.717) is 6.04 Å². The first-order chi connectivity index (χ1) is 3.93. The van der Waals surface area contributed by atoms with Crippen LogP contribution in [-0.4, -0.2) is 18.3 Å². The number of piperidine rings is 1. The van der Waals surface area contributed by atoms with Crippen LogP contribution in [0.1, 0.15) is 19.3 Å². The second-order valence-corrected chi connectivity index (χ2v) is 2.69. The maximum absolute atomic E-state index is 4.20. The Hall–Kier alpha value is 0.310. The van der Waals surface area contributed by atoms with Gasteiger partial charge in [0.15, 0.2) is 0 Å². The molecule has 1 nitrogen and oxygen atoms in total. The Morgan fingerprint density at radius 2 is 2.38 bits per heavy atom. The predicted molar refractivity (Wildman–Crippen MR) is 39.5 cm³/mol. The smallest absolute Gasteiger partial charge is 0.0155 e. The summed E-state index contributed by atoms with van der Waals surface area (Å²) in [5.74, 6) is 1.00. The van der Waals surface area contributed by atoms with Gasteiger partial charge in [-0.15, -0.1) is 0 Å². The van der Waals surface area contributed by atoms with E-state index >= 15 is 0 Å². The molecule has 0 aliphatic carbocycles. The predicted octanol–water partition coefficient (Wildman–Crippen LogP) is 1.06. The molecule has 1 saturated heterocycles. The fourth-order valence-electron chi connectivity index (χ4n) is 1.08. The molecule has 1 aliphatic rings. The van der Waals surface area contributed by atoms with Crippen LogP contribution in [0.4, 0.5) is 0 Å². The lowest BCUT2D eigenvalue weighted by atomic mass is 10.1. The molecule has 0 amide bonds. The molecule has 0 bridgehead atoms. The minimum absolute atomic E-state index is 0.701. The van der Waals surface area contributed by atoms with Gasteiger partial charge in [0.2, 0.25) is 0 Å². The molecule has 0 aromatic carbocycles. The van der Waals surface area contributed by atoms with Crippen LogP contribution in [0.5, 0.6) is 0 Å². The van der Waals surface area contributed by atoms with Crippen LogP contribution < -0.4 is 5.32 Å². The first kappa shape index (κ1) is 6.43. The average Bonchev–Trinajstić information content (AvgIpc) is 1.90. The third kappa shape index (κ3) is 1.67. The quantitative estimate of drug-likeness (QED) is 0.507. The average molecular weight is 131 g/mol. The molecule has 1 rings (SSSR count). The van der Waals surface area contributed by atoms with Crippen LogP contribution in [0, 0.1) is 0 Å². The van der Waals surface area contributed by atoms with Crippen molar-refractivity contribution in [2.45, 2.75) is 25.3 Å². The number of rotatable bonds is 1. The first-order valence-electron chi connectivity index (χ1n) is 3.27. The fraction of sp³-hybridized carbons (Fsp3) is 1.00. The molecule has 0 aromatic heterocycles. The minimum Gasteiger partial charge on any atom is -0.313 e. The zero-order valence-corrected chi connectivity index (χ0v) is 5.95. The van der Waals surface area contributed by atoms with Gasteiger partial charge in [-0.1, -0.05) is 6.42 Å². The van der Waals surface area contributed by atoms with E-state index in [0.717, 1.165) is 5.75 Å². The topological polar surface area (TPSA) is 12.0 Å². The molecule has 1 fully saturated rings. The molecule has 0 unspecified atom stereocenters. The summed E-state index contributed by atoms with van der Waals surface area (Å²) < 4.78 is 0. The Morgan fingerprint density at radius 3 is 2.75 bits per heavy atom. The van der Waals surface area contributed by atoms with Crippen molar-refractivity contribution < 1.29 is 0 Å². The van der Waals surface area contributed by atoms with Crippen LogP contribution in [0.15, 0.2) is 0 Å². The van der Waals surface area contributed by atoms with E-state index in [1.54, 1.807) is 0 Å². The van der Waals surface area contributed by atoms with Gasteiger partial charge in [-0.2, -0.15) is 12.6 Å². The highest BCUT2D eigenvalue weighted by atomic mass is 32.1. The number of hydrogen-bond acceptors (Lipinski definition) is 2. The Balaban J connectivity index is 2.13. The van der Waals surface area contributed by atoms with Gasteiger partial charge in [0, 0.05) is 11.8 Å². The molecule has 0 aromatic rings. The van der Waals surface area contributed by atoms with Gasteiger partial charge in [0.1, 0.15) is 0 Å². The minimum atomic E-state index is 0.701. The van der Waals surface area contributed by atoms with Crippen molar-refractivity contribution in [2.75, 3.05) is 12.3 Å². The van der Waals surface area contributed by atoms with E-state index in [9.17, 15) is 0 Å². The lowest BCUT2D eigenvalue weighted by Crippen LogP contribution is -2.35. The molecule has 48 valence electrons. The van der Waals surface area contributed by atoms with Gasteiger partial charge in [-0.05, 0) is 19.4 Å². The Morgan fingerprint density at radius 1 is 1.50 bits per heavy atom. The number of thiol groups is 1. The van der Waals surface area contributed by atoms with Crippen molar-refractivity contribution in [3.05, 3.63) is 0 Å². The summed E-state index contributed by atoms with van der Waals surface area (Å²) in [7, 11) is 0. The summed E-state index contributed by atoms with van der Waals surface area (Å²) in [5, 5.41) is 3.39. The van der Waals surface area contributed by atoms with Gasteiger partial charge < -0.3 is 5.32 Å². The summed E-state index contributed by atoms with van der Waals surface area (Å²) in [4.78, 5) is 0. The normalized spacial score (nSPS) is 30.4. The highest BCUT2D eigenvalue weighted by Crippen LogP contribution is 2.06. The molecule has 0 radical (unpaired) electrons. The second kappa shape index (κ2) is 3.36. The molecule has 0 saturated carbocycles. The molecule has 2 heteroatoms. The van der Waals surface area contributed by atoms with Gasteiger partial charge in [0.25, 0.3) is 0 Å². The van der Waals surface area contributed by atoms with Crippen molar-refractivity contribution in [3.63, 3.8) is 0 Å². The summed E-state index contributed by atoms with van der Waals surface area (Å²) in [6.07, 6.45) is 4.06. The SMILES string of the molecule is SC[C@H]1CCCCN1. The molecule has 0 spiro atoms. The van der Waals surface area contributed by atoms with Crippen LogP contribution in [0.25, 0.3) is 0 Å². The van der Waals surface area contributed by atoms with E-state index in [1.807, 2.05) is 0 Å². The molecule has 1 N–H and O–H groups in total. The van der Waals surface area contributed by atoms with Crippen LogP contribution >= 0.6 is 12.6 Å². The van der Waals surface area contributed by atoms with Gasteiger partial charge in [-0.3, -0.25) is 0 Å². The monoisotopic (exact) mass is 131 g/mol. The van der Waals surface area contributed by atoms with E-state index in [4.69, 9.17) is 0 Å². The molecular formula is C6H13NS. The van der Waals surface area contributed by atoms with Crippen molar-refractivity contribution in [1.82, 2.24) is 5.32 Å². The third-order valence-corrected chi connectivity index (χ3v) is 2.07. The van der Waals surface area contributed by atoms with E-state index in [2.05, 4.69) is 17.9 Å². The summed E-state index contributed by atoms with van der Waals surface area (Å²) in [6, 6.07) is 0.701. The standard InChI is InChI=1S/C6H13NS/c8-5-6-3-1-2-4-7-6/h6-8H,1-5H2/t6-/m1/s1. The molecule has 8 heavy (non-hydrogen) atoms. The highest BCUT2D eigenvalue weighted by Gasteiger charge is 2.08. The summed E-state index contributed by atoms with van der Waals surface area (Å²) >= 11 is 4.20. The first-order valence-corrected chi connectivity index (χ1v) is 3.91. The maximum Gasteiger partial charge on any atom is 0.0155 e. The van der Waals surface area contributed by atoms with Gasteiger partial charge in [0.05, 0.1) is 0 Å². The van der Waals surface area contributed by atoms with E-state index < -0.39 is 0 Å². The Bertz CT molecular complexity index is 59.5. The van der Waals surface area contributed by atoms with Crippen molar-refractivity contribution in [1.29, 1.82) is 0 Å². The van der Waals surface area contributed by atoms with E-state index in [1.165, 1.54) is 25.8 Å².